The number of benzene rings is 5. The summed E-state index contributed by atoms with van der Waals surface area (Å²) < 4.78 is 123. The molecule has 2 saturated heterocycles. The molecule has 0 bridgehead atoms. The third-order valence-electron chi connectivity index (χ3n) is 17.7. The van der Waals surface area contributed by atoms with E-state index in [-0.39, 0.29) is 12.3 Å². The maximum atomic E-state index is 12.3. The van der Waals surface area contributed by atoms with Crippen molar-refractivity contribution in [1.29, 1.82) is 0 Å². The number of hydrogen-bond donors (Lipinski definition) is 2. The minimum Gasteiger partial charge on any atom is -0.481 e. The van der Waals surface area contributed by atoms with Crippen molar-refractivity contribution in [2.24, 2.45) is 5.92 Å². The first-order valence-electron chi connectivity index (χ1n) is 34.3. The second-order valence-corrected chi connectivity index (χ2v) is 34.9. The second-order valence-electron chi connectivity index (χ2n) is 23.3. The number of amides is 1. The highest BCUT2D eigenvalue weighted by molar-refractivity contribution is 7.92. The quantitative estimate of drug-likeness (QED) is 0.0985. The first-order chi connectivity index (χ1) is 45.8. The van der Waals surface area contributed by atoms with Crippen LogP contribution in [0.3, 0.4) is 0 Å². The van der Waals surface area contributed by atoms with E-state index in [1.165, 1.54) is 38.2 Å². The second kappa shape index (κ2) is 44.4. The summed E-state index contributed by atoms with van der Waals surface area (Å²) in [7, 11) is -15.9. The van der Waals surface area contributed by atoms with Gasteiger partial charge in [0.2, 0.25) is 5.91 Å². The molecule has 4 fully saturated rings. The predicted octanol–water partition coefficient (Wildman–Crippen LogP) is 15.6. The van der Waals surface area contributed by atoms with Crippen LogP contribution in [-0.4, -0.2) is 133 Å². The Morgan fingerprint density at radius 1 is 0.433 bits per heavy atom. The molecule has 2 aliphatic heterocycles. The van der Waals surface area contributed by atoms with Gasteiger partial charge in [0, 0.05) is 70.9 Å². The van der Waals surface area contributed by atoms with Gasteiger partial charge in [-0.15, -0.1) is 0 Å². The fraction of sp³-hybridized carbons (Fsp3) is 0.560. The first kappa shape index (κ1) is 91.2. The summed E-state index contributed by atoms with van der Waals surface area (Å²) in [5, 5.41) is 17.0. The van der Waals surface area contributed by atoms with Crippen molar-refractivity contribution >= 4 is 67.0 Å². The van der Waals surface area contributed by atoms with Gasteiger partial charge >= 0.3 is 11.9 Å². The zero-order valence-corrected chi connectivity index (χ0v) is 64.9. The molecule has 22 heteroatoms. The predicted molar refractivity (Wildman–Crippen MR) is 398 cm³/mol. The van der Waals surface area contributed by atoms with Gasteiger partial charge < -0.3 is 19.8 Å². The van der Waals surface area contributed by atoms with E-state index in [0.717, 1.165) is 59.9 Å². The van der Waals surface area contributed by atoms with Gasteiger partial charge in [-0.2, -0.15) is 0 Å². The van der Waals surface area contributed by atoms with Crippen molar-refractivity contribution < 1.29 is 71.4 Å². The average molecular weight is 1450 g/mol. The van der Waals surface area contributed by atoms with Gasteiger partial charge in [-0.3, -0.25) is 14.4 Å². The summed E-state index contributed by atoms with van der Waals surface area (Å²) in [6, 6.07) is 46.5. The topological polar surface area (TPSA) is 275 Å². The number of nitrogens with zero attached hydrogens (tertiary/aromatic N) is 1. The minimum atomic E-state index is -3.28. The molecule has 97 heavy (non-hydrogen) atoms. The Labute approximate surface area is 585 Å². The van der Waals surface area contributed by atoms with Gasteiger partial charge in [-0.05, 0) is 105 Å². The molecule has 9 rings (SSSR count). The summed E-state index contributed by atoms with van der Waals surface area (Å²) in [5.74, 6) is -2.13. The third-order valence-corrected chi connectivity index (χ3v) is 27.5. The number of likely N-dealkylation sites (tertiary alicyclic amines) is 1. The van der Waals surface area contributed by atoms with Crippen LogP contribution in [0.1, 0.15) is 212 Å². The molecule has 548 valence electrons. The van der Waals surface area contributed by atoms with E-state index in [4.69, 9.17) is 14.9 Å². The van der Waals surface area contributed by atoms with Crippen LogP contribution in [0.4, 0.5) is 0 Å². The van der Waals surface area contributed by atoms with Crippen LogP contribution in [0.5, 0.6) is 0 Å². The van der Waals surface area contributed by atoms with E-state index in [0.29, 0.717) is 90.5 Å². The van der Waals surface area contributed by atoms with E-state index in [2.05, 4.69) is 0 Å². The SMILES string of the molecule is CC.CC.CC.CC.CC.CC(=O)N1CCC(c2ccccc2)(S(C)(=O)=O)CC1.CS(=O)(=O)C(CCCC(=O)O)c1ccccc1.CS(=O)(=O)C1(c2ccccc2)CCC(C(=O)O)CC1.CS(=O)(=O)C1(c2ccccc2)CCCCC1.CS(=O)(=O)C1(c2ccccc2)CCOCC1. The number of rotatable bonds is 15. The molecule has 5 aromatic carbocycles. The van der Waals surface area contributed by atoms with E-state index >= 15 is 0 Å². The largest absolute Gasteiger partial charge is 0.481 e. The molecule has 2 heterocycles. The van der Waals surface area contributed by atoms with Crippen molar-refractivity contribution in [3.63, 3.8) is 0 Å². The molecule has 2 aliphatic carbocycles. The Hall–Kier alpha value is -5.78. The number of ether oxygens (including phenoxy) is 1. The maximum Gasteiger partial charge on any atom is 0.306 e. The molecular weight excluding hydrogens is 1330 g/mol. The van der Waals surface area contributed by atoms with Crippen LogP contribution in [0, 0.1) is 5.92 Å². The monoisotopic (exact) mass is 1450 g/mol. The summed E-state index contributed by atoms with van der Waals surface area (Å²) in [5.41, 5.74) is 4.19. The molecule has 2 saturated carbocycles. The molecular formula is C75H117NO16S5. The number of sulfone groups is 5. The molecule has 0 aromatic heterocycles. The fourth-order valence-electron chi connectivity index (χ4n) is 12.5. The number of piperidine rings is 1. The lowest BCUT2D eigenvalue weighted by molar-refractivity contribution is -0.143. The standard InChI is InChI=1S/C14H19NO3S.C14H18O4S.C13H18O2S.C12H16O4S.C12H16O3S.5C2H6/c1-12(16)15-10-8-14(9-11-15,19(2,17)18)13-6-4-3-5-7-13;1-19(17,18)14(12-5-3-2-4-6-12)9-7-11(8-10-14)13(15)16;1-16(14,15)13(10-6-3-7-11-13)12-8-4-2-5-9-12;1-17(15,16)11(8-5-9-12(13)14)10-6-3-2-4-7-10;1-16(13,14)12(7-9-15-10-8-12)11-5-3-2-4-6-11;5*1-2/h3-7H,8-11H2,1-2H3;2-6,11H,7-10H2,1H3,(H,15,16);2,4-5,8-9H,3,6-7,10-11H2,1H3;2-4,6-7,11H,5,8-9H2,1H3,(H,13,14);2-6H,7-10H2,1H3;5*1-2H3. The lowest BCUT2D eigenvalue weighted by Gasteiger charge is -2.40. The van der Waals surface area contributed by atoms with Crippen molar-refractivity contribution in [2.45, 2.75) is 203 Å². The Balaban J connectivity index is 0.00000115. The zero-order valence-electron chi connectivity index (χ0n) is 60.8. The van der Waals surface area contributed by atoms with Gasteiger partial charge in [-0.25, -0.2) is 42.1 Å². The normalized spacial score (nSPS) is 18.6. The molecule has 0 spiro atoms. The number of carbonyl (C=O) groups excluding carboxylic acids is 1. The van der Waals surface area contributed by atoms with Crippen LogP contribution in [0.2, 0.25) is 0 Å². The van der Waals surface area contributed by atoms with Gasteiger partial charge in [0.25, 0.3) is 0 Å². The summed E-state index contributed by atoms with van der Waals surface area (Å²) in [6.07, 6.45) is 15.5. The van der Waals surface area contributed by atoms with Gasteiger partial charge in [-0.1, -0.05) is 240 Å². The number of carbonyl (C=O) groups is 3. The fourth-order valence-corrected chi connectivity index (χ4v) is 19.9. The molecule has 1 amide bonds. The lowest BCUT2D eigenvalue weighted by Crippen LogP contribution is -2.48. The Bertz CT molecular complexity index is 3390. The zero-order chi connectivity index (χ0) is 74.4. The van der Waals surface area contributed by atoms with E-state index in [9.17, 15) is 56.5 Å². The van der Waals surface area contributed by atoms with E-state index < -0.39 is 91.3 Å². The molecule has 1 atom stereocenters. The third kappa shape index (κ3) is 26.7. The van der Waals surface area contributed by atoms with Crippen molar-refractivity contribution in [1.82, 2.24) is 4.90 Å². The van der Waals surface area contributed by atoms with Crippen LogP contribution in [0.25, 0.3) is 0 Å². The summed E-state index contributed by atoms with van der Waals surface area (Å²) >= 11 is 0. The smallest absolute Gasteiger partial charge is 0.306 e. The maximum absolute atomic E-state index is 12.3. The van der Waals surface area contributed by atoms with Gasteiger partial charge in [0.05, 0.1) is 20.7 Å². The molecule has 5 aromatic rings. The van der Waals surface area contributed by atoms with Gasteiger partial charge in [0.1, 0.15) is 9.49 Å². The van der Waals surface area contributed by atoms with Crippen molar-refractivity contribution in [2.75, 3.05) is 57.6 Å². The Morgan fingerprint density at radius 2 is 0.722 bits per heavy atom. The number of hydrogen-bond acceptors (Lipinski definition) is 14. The molecule has 0 radical (unpaired) electrons. The average Bonchev–Trinajstić information content (AvgIpc) is 0.780. The highest BCUT2D eigenvalue weighted by Crippen LogP contribution is 2.47. The van der Waals surface area contributed by atoms with Crippen LogP contribution >= 0.6 is 0 Å². The number of carboxylic acid groups (broad SMARTS) is 2. The van der Waals surface area contributed by atoms with Crippen molar-refractivity contribution in [3.05, 3.63) is 179 Å². The summed E-state index contributed by atoms with van der Waals surface area (Å²) in [4.78, 5) is 34.5. The number of aliphatic carboxylic acids is 2. The highest BCUT2D eigenvalue weighted by Gasteiger charge is 2.48. The van der Waals surface area contributed by atoms with Crippen LogP contribution in [0.15, 0.2) is 152 Å². The molecule has 1 unspecified atom stereocenters. The van der Waals surface area contributed by atoms with Gasteiger partial charge in [0.15, 0.2) is 49.2 Å². The molecule has 2 N–H and O–H groups in total. The van der Waals surface area contributed by atoms with Crippen molar-refractivity contribution in [3.8, 4) is 0 Å². The molecule has 4 aliphatic rings. The number of carboxylic acids is 2. The Morgan fingerprint density at radius 3 is 1.00 bits per heavy atom. The molecule has 17 nitrogen and oxygen atoms in total. The first-order valence-corrected chi connectivity index (χ1v) is 43.8. The highest BCUT2D eigenvalue weighted by atomic mass is 32.2. The van der Waals surface area contributed by atoms with E-state index in [1.807, 2.05) is 197 Å². The van der Waals surface area contributed by atoms with E-state index in [1.54, 1.807) is 29.2 Å². The van der Waals surface area contributed by atoms with Crippen LogP contribution in [-0.2, 0) is 87.3 Å². The van der Waals surface area contributed by atoms with Crippen LogP contribution < -0.4 is 0 Å². The summed E-state index contributed by atoms with van der Waals surface area (Å²) in [6.45, 7) is 23.6. The Kier molecular flexibility index (Phi) is 41.7. The lowest BCUT2D eigenvalue weighted by atomic mass is 9.78. The minimum absolute atomic E-state index is 0.00114.